The number of oxazole rings is 1. The summed E-state index contributed by atoms with van der Waals surface area (Å²) < 4.78 is 23.4. The highest BCUT2D eigenvalue weighted by Gasteiger charge is 2.19. The van der Waals surface area contributed by atoms with Crippen molar-refractivity contribution in [2.24, 2.45) is 0 Å². The Labute approximate surface area is 228 Å². The largest absolute Gasteiger partial charge is 0.487 e. The summed E-state index contributed by atoms with van der Waals surface area (Å²) in [5, 5.41) is 6.53. The molecular weight excluding hydrogens is 518 g/mol. The fourth-order valence-corrected chi connectivity index (χ4v) is 4.50. The van der Waals surface area contributed by atoms with E-state index in [1.807, 2.05) is 79.0 Å². The molecular formula is C29H25N3O6S. The number of aryl methyl sites for hydroxylation is 1. The van der Waals surface area contributed by atoms with Crippen LogP contribution in [0.5, 0.6) is 11.5 Å². The number of rotatable bonds is 10. The van der Waals surface area contributed by atoms with Gasteiger partial charge in [0, 0.05) is 5.56 Å². The molecule has 0 aliphatic rings. The van der Waals surface area contributed by atoms with Gasteiger partial charge in [0.05, 0.1) is 24.7 Å². The van der Waals surface area contributed by atoms with Crippen LogP contribution < -0.4 is 9.47 Å². The SMILES string of the molecule is COC(=O)CC(=O)Oc1cn(Cc2ccc(OCc3nc(-c4ccccc4)oc3C)cc2)nc1-c1cccs1. The number of aromatic nitrogens is 3. The molecule has 0 fully saturated rings. The predicted molar refractivity (Wildman–Crippen MR) is 144 cm³/mol. The second-order valence-corrected chi connectivity index (χ2v) is 9.51. The zero-order chi connectivity index (χ0) is 27.2. The number of hydrogen-bond donors (Lipinski definition) is 0. The van der Waals surface area contributed by atoms with Gasteiger partial charge in [-0.15, -0.1) is 11.3 Å². The van der Waals surface area contributed by atoms with Crippen LogP contribution in [0, 0.1) is 6.92 Å². The molecule has 0 radical (unpaired) electrons. The highest BCUT2D eigenvalue weighted by atomic mass is 32.1. The number of nitrogens with zero attached hydrogens (tertiary/aromatic N) is 3. The predicted octanol–water partition coefficient (Wildman–Crippen LogP) is 5.67. The number of esters is 2. The van der Waals surface area contributed by atoms with Crippen molar-refractivity contribution < 1.29 is 28.2 Å². The van der Waals surface area contributed by atoms with Crippen molar-refractivity contribution in [1.29, 1.82) is 0 Å². The van der Waals surface area contributed by atoms with Crippen LogP contribution in [0.25, 0.3) is 22.0 Å². The Morgan fingerprint density at radius 3 is 2.51 bits per heavy atom. The molecule has 0 aliphatic heterocycles. The Balaban J connectivity index is 1.24. The van der Waals surface area contributed by atoms with Crippen LogP contribution in [0.2, 0.25) is 0 Å². The first kappa shape index (κ1) is 25.9. The number of carbonyl (C=O) groups excluding carboxylic acids is 2. The third-order valence-electron chi connectivity index (χ3n) is 5.78. The topological polar surface area (TPSA) is 106 Å². The van der Waals surface area contributed by atoms with E-state index in [0.717, 1.165) is 21.7 Å². The molecule has 0 spiro atoms. The van der Waals surface area contributed by atoms with E-state index in [-0.39, 0.29) is 12.4 Å². The molecule has 10 heteroatoms. The van der Waals surface area contributed by atoms with Crippen LogP contribution in [0.4, 0.5) is 0 Å². The monoisotopic (exact) mass is 543 g/mol. The number of hydrogen-bond acceptors (Lipinski definition) is 9. The summed E-state index contributed by atoms with van der Waals surface area (Å²) in [4.78, 5) is 29.1. The summed E-state index contributed by atoms with van der Waals surface area (Å²) in [7, 11) is 1.22. The maximum absolute atomic E-state index is 12.2. The fraction of sp³-hybridized carbons (Fsp3) is 0.172. The van der Waals surface area contributed by atoms with E-state index in [1.54, 1.807) is 10.9 Å². The lowest BCUT2D eigenvalue weighted by Gasteiger charge is -2.06. The lowest BCUT2D eigenvalue weighted by molar-refractivity contribution is -0.148. The van der Waals surface area contributed by atoms with Crippen LogP contribution in [0.1, 0.15) is 23.4 Å². The van der Waals surface area contributed by atoms with E-state index in [2.05, 4.69) is 14.8 Å². The molecule has 5 aromatic rings. The summed E-state index contributed by atoms with van der Waals surface area (Å²) in [5.74, 6) is 0.887. The van der Waals surface area contributed by atoms with Crippen molar-refractivity contribution in [3.63, 3.8) is 0 Å². The summed E-state index contributed by atoms with van der Waals surface area (Å²) in [6.07, 6.45) is 1.17. The summed E-state index contributed by atoms with van der Waals surface area (Å²) >= 11 is 1.47. The first-order valence-corrected chi connectivity index (χ1v) is 13.0. The average molecular weight is 544 g/mol. The van der Waals surface area contributed by atoms with Crippen LogP contribution in [-0.4, -0.2) is 33.8 Å². The molecule has 3 heterocycles. The van der Waals surface area contributed by atoms with E-state index in [4.69, 9.17) is 13.9 Å². The van der Waals surface area contributed by atoms with Gasteiger partial charge in [-0.1, -0.05) is 36.4 Å². The highest BCUT2D eigenvalue weighted by Crippen LogP contribution is 2.32. The minimum absolute atomic E-state index is 0.282. The highest BCUT2D eigenvalue weighted by molar-refractivity contribution is 7.13. The maximum Gasteiger partial charge on any atom is 0.322 e. The van der Waals surface area contributed by atoms with Crippen molar-refractivity contribution in [2.45, 2.75) is 26.5 Å². The molecule has 0 atom stereocenters. The second kappa shape index (κ2) is 11.8. The van der Waals surface area contributed by atoms with Gasteiger partial charge >= 0.3 is 11.9 Å². The van der Waals surface area contributed by atoms with Crippen molar-refractivity contribution in [3.05, 3.63) is 95.3 Å². The maximum atomic E-state index is 12.2. The zero-order valence-corrected chi connectivity index (χ0v) is 22.1. The molecule has 3 aromatic heterocycles. The van der Waals surface area contributed by atoms with Crippen LogP contribution in [0.15, 0.2) is 82.7 Å². The third-order valence-corrected chi connectivity index (χ3v) is 6.66. The number of methoxy groups -OCH3 is 1. The van der Waals surface area contributed by atoms with Crippen molar-refractivity contribution >= 4 is 23.3 Å². The second-order valence-electron chi connectivity index (χ2n) is 8.56. The molecule has 2 aromatic carbocycles. The van der Waals surface area contributed by atoms with E-state index in [0.29, 0.717) is 29.6 Å². The Morgan fingerprint density at radius 1 is 1.00 bits per heavy atom. The van der Waals surface area contributed by atoms with Gasteiger partial charge in [-0.2, -0.15) is 5.10 Å². The Hall–Kier alpha value is -4.70. The molecule has 0 N–H and O–H groups in total. The number of thiophene rings is 1. The minimum atomic E-state index is -0.709. The van der Waals surface area contributed by atoms with Gasteiger partial charge in [-0.05, 0) is 48.2 Å². The van der Waals surface area contributed by atoms with Gasteiger partial charge in [-0.25, -0.2) is 4.98 Å². The zero-order valence-electron chi connectivity index (χ0n) is 21.3. The normalized spacial score (nSPS) is 10.8. The Morgan fingerprint density at radius 2 is 1.79 bits per heavy atom. The molecule has 0 bridgehead atoms. The quantitative estimate of drug-likeness (QED) is 0.164. The van der Waals surface area contributed by atoms with Crippen molar-refractivity contribution in [2.75, 3.05) is 7.11 Å². The molecule has 0 saturated heterocycles. The lowest BCUT2D eigenvalue weighted by Crippen LogP contribution is -2.14. The van der Waals surface area contributed by atoms with E-state index < -0.39 is 18.4 Å². The molecule has 9 nitrogen and oxygen atoms in total. The van der Waals surface area contributed by atoms with Gasteiger partial charge in [0.1, 0.15) is 35.9 Å². The minimum Gasteiger partial charge on any atom is -0.487 e. The van der Waals surface area contributed by atoms with Crippen molar-refractivity contribution in [1.82, 2.24) is 14.8 Å². The van der Waals surface area contributed by atoms with E-state index >= 15 is 0 Å². The third kappa shape index (κ3) is 6.42. The average Bonchev–Trinajstić information content (AvgIpc) is 3.69. The van der Waals surface area contributed by atoms with Crippen LogP contribution >= 0.6 is 11.3 Å². The number of carbonyl (C=O) groups is 2. The number of ether oxygens (including phenoxy) is 3. The first-order chi connectivity index (χ1) is 19.0. The fourth-order valence-electron chi connectivity index (χ4n) is 3.79. The molecule has 0 unspecified atom stereocenters. The Kier molecular flexibility index (Phi) is 7.83. The molecule has 5 rings (SSSR count). The standard InChI is InChI=1S/C29H25N3O6S/c1-19-23(30-29(37-19)21-7-4-3-5-8-21)18-36-22-12-10-20(11-13-22)16-32-17-24(38-27(34)15-26(33)35-2)28(31-32)25-9-6-14-39-25/h3-14,17H,15-16,18H2,1-2H3. The first-order valence-electron chi connectivity index (χ1n) is 12.1. The van der Waals surface area contributed by atoms with Crippen LogP contribution in [-0.2, 0) is 27.5 Å². The molecule has 0 amide bonds. The van der Waals surface area contributed by atoms with E-state index in [9.17, 15) is 9.59 Å². The smallest absolute Gasteiger partial charge is 0.322 e. The molecule has 0 aliphatic carbocycles. The molecule has 198 valence electrons. The molecule has 39 heavy (non-hydrogen) atoms. The van der Waals surface area contributed by atoms with Gasteiger partial charge in [0.15, 0.2) is 5.75 Å². The van der Waals surface area contributed by atoms with Gasteiger partial charge in [-0.3, -0.25) is 14.3 Å². The number of benzene rings is 2. The van der Waals surface area contributed by atoms with Crippen molar-refractivity contribution in [3.8, 4) is 33.5 Å². The molecule has 0 saturated carbocycles. The van der Waals surface area contributed by atoms with E-state index in [1.165, 1.54) is 18.4 Å². The van der Waals surface area contributed by atoms with Crippen LogP contribution in [0.3, 0.4) is 0 Å². The summed E-state index contributed by atoms with van der Waals surface area (Å²) in [6.45, 7) is 2.60. The Bertz CT molecular complexity index is 1560. The summed E-state index contributed by atoms with van der Waals surface area (Å²) in [5.41, 5.74) is 3.16. The summed E-state index contributed by atoms with van der Waals surface area (Å²) in [6, 6.07) is 21.2. The van der Waals surface area contributed by atoms with Gasteiger partial charge in [0.25, 0.3) is 0 Å². The lowest BCUT2D eigenvalue weighted by atomic mass is 10.2. The van der Waals surface area contributed by atoms with Gasteiger partial charge in [0.2, 0.25) is 5.89 Å². The van der Waals surface area contributed by atoms with Gasteiger partial charge < -0.3 is 18.6 Å².